The number of benzene rings is 1. The van der Waals surface area contributed by atoms with Crippen LogP contribution in [0.1, 0.15) is 23.3 Å². The maximum atomic E-state index is 12.9. The van der Waals surface area contributed by atoms with Crippen molar-refractivity contribution in [3.05, 3.63) is 36.0 Å². The van der Waals surface area contributed by atoms with E-state index in [1.807, 2.05) is 6.07 Å². The van der Waals surface area contributed by atoms with Crippen molar-refractivity contribution in [2.75, 3.05) is 26.8 Å². The van der Waals surface area contributed by atoms with Crippen LogP contribution in [0.2, 0.25) is 0 Å². The number of aromatic nitrogens is 1. The first-order valence-electron chi connectivity index (χ1n) is 9.40. The van der Waals surface area contributed by atoms with E-state index >= 15 is 0 Å². The first-order chi connectivity index (χ1) is 14.0. The normalized spacial score (nSPS) is 20.0. The minimum atomic E-state index is -0.745. The van der Waals surface area contributed by atoms with E-state index in [0.29, 0.717) is 31.4 Å². The second-order valence-corrected chi connectivity index (χ2v) is 7.09. The Balaban J connectivity index is 1.45. The molecule has 0 bridgehead atoms. The summed E-state index contributed by atoms with van der Waals surface area (Å²) in [6, 6.07) is 7.51. The third-order valence-electron chi connectivity index (χ3n) is 5.45. The maximum Gasteiger partial charge on any atom is 0.410 e. The van der Waals surface area contributed by atoms with Crippen LogP contribution in [-0.4, -0.2) is 76.7 Å². The lowest BCUT2D eigenvalue weighted by molar-refractivity contribution is -0.145. The fourth-order valence-electron chi connectivity index (χ4n) is 3.91. The predicted octanol–water partition coefficient (Wildman–Crippen LogP) is 1.54. The summed E-state index contributed by atoms with van der Waals surface area (Å²) in [4.78, 5) is 44.3. The number of hydrogen-bond acceptors (Lipinski definition) is 7. The average molecular weight is 399 g/mol. The second-order valence-electron chi connectivity index (χ2n) is 7.09. The average Bonchev–Trinajstić information content (AvgIpc) is 3.14. The van der Waals surface area contributed by atoms with Crippen LogP contribution in [0.3, 0.4) is 0 Å². The molecule has 2 saturated heterocycles. The number of para-hydroxylation sites is 1. The van der Waals surface area contributed by atoms with Crippen molar-refractivity contribution in [2.24, 2.45) is 0 Å². The summed E-state index contributed by atoms with van der Waals surface area (Å²) < 4.78 is 9.78. The van der Waals surface area contributed by atoms with Crippen LogP contribution in [-0.2, 0) is 14.3 Å². The lowest BCUT2D eigenvalue weighted by Gasteiger charge is -2.37. The molecule has 0 aliphatic carbocycles. The number of carbonyl (C=O) groups is 3. The fraction of sp³-hybridized carbons (Fsp3) is 0.400. The molecule has 4 rings (SSSR count). The van der Waals surface area contributed by atoms with Crippen molar-refractivity contribution < 1.29 is 29.0 Å². The number of cyclic esters (lactones) is 1. The first-order valence-corrected chi connectivity index (χ1v) is 9.40. The maximum absolute atomic E-state index is 12.9. The smallest absolute Gasteiger partial charge is 0.410 e. The Morgan fingerprint density at radius 3 is 2.69 bits per heavy atom. The van der Waals surface area contributed by atoms with Gasteiger partial charge in [-0.1, -0.05) is 18.2 Å². The van der Waals surface area contributed by atoms with E-state index in [0.717, 1.165) is 5.39 Å². The van der Waals surface area contributed by atoms with Gasteiger partial charge in [-0.15, -0.1) is 0 Å². The van der Waals surface area contributed by atoms with Crippen molar-refractivity contribution in [1.82, 2.24) is 14.8 Å². The molecular formula is C20H21N3O6. The summed E-state index contributed by atoms with van der Waals surface area (Å²) in [5.41, 5.74) is 0.638. The summed E-state index contributed by atoms with van der Waals surface area (Å²) in [7, 11) is 1.28. The van der Waals surface area contributed by atoms with Gasteiger partial charge in [0, 0.05) is 24.5 Å². The molecule has 0 radical (unpaired) electrons. The summed E-state index contributed by atoms with van der Waals surface area (Å²) in [6.45, 7) is 0.818. The van der Waals surface area contributed by atoms with Crippen LogP contribution in [0.25, 0.3) is 10.9 Å². The third-order valence-corrected chi connectivity index (χ3v) is 5.45. The van der Waals surface area contributed by atoms with Gasteiger partial charge in [-0.2, -0.15) is 0 Å². The number of fused-ring (bicyclic) bond motifs is 1. The number of carbonyl (C=O) groups excluding carboxylic acids is 3. The number of nitrogens with zero attached hydrogens (tertiary/aromatic N) is 3. The van der Waals surface area contributed by atoms with Crippen LogP contribution in [0.4, 0.5) is 4.79 Å². The number of likely N-dealkylation sites (tertiary alicyclic amines) is 1. The Hall–Kier alpha value is -3.36. The molecule has 2 aliphatic heterocycles. The number of hydrogen-bond donors (Lipinski definition) is 1. The van der Waals surface area contributed by atoms with Gasteiger partial charge >= 0.3 is 12.1 Å². The number of aromatic hydroxyl groups is 1. The number of amides is 2. The first kappa shape index (κ1) is 19.0. The van der Waals surface area contributed by atoms with Gasteiger partial charge in [0.15, 0.2) is 6.04 Å². The molecule has 0 spiro atoms. The minimum absolute atomic E-state index is 0.0187. The number of phenols is 1. The van der Waals surface area contributed by atoms with Gasteiger partial charge in [0.25, 0.3) is 5.91 Å². The van der Waals surface area contributed by atoms with E-state index in [9.17, 15) is 19.5 Å². The molecular weight excluding hydrogens is 378 g/mol. The van der Waals surface area contributed by atoms with Crippen LogP contribution in [0.15, 0.2) is 30.3 Å². The molecule has 1 aromatic heterocycles. The largest absolute Gasteiger partial charge is 0.506 e. The second kappa shape index (κ2) is 7.57. The van der Waals surface area contributed by atoms with Gasteiger partial charge in [-0.05, 0) is 25.0 Å². The van der Waals surface area contributed by atoms with E-state index < -0.39 is 18.1 Å². The van der Waals surface area contributed by atoms with Gasteiger partial charge in [0.1, 0.15) is 23.6 Å². The summed E-state index contributed by atoms with van der Waals surface area (Å²) in [5.74, 6) is -0.714. The van der Waals surface area contributed by atoms with E-state index in [1.165, 1.54) is 18.1 Å². The van der Waals surface area contributed by atoms with Crippen LogP contribution < -0.4 is 0 Å². The Kier molecular flexibility index (Phi) is 4.96. The van der Waals surface area contributed by atoms with E-state index in [2.05, 4.69) is 4.98 Å². The molecule has 9 nitrogen and oxygen atoms in total. The van der Waals surface area contributed by atoms with E-state index in [-0.39, 0.29) is 30.0 Å². The number of piperidine rings is 1. The Morgan fingerprint density at radius 1 is 1.21 bits per heavy atom. The van der Waals surface area contributed by atoms with Gasteiger partial charge in [-0.3, -0.25) is 9.69 Å². The standard InChI is InChI=1S/C20H21N3O6/c1-28-19(26)15-11-29-20(27)23(15)13-7-9-22(10-8-13)18(25)14-6-5-12-3-2-4-16(24)17(12)21-14/h2-6,13,15,24H,7-11H2,1H3/t15-/m0/s1. The predicted molar refractivity (Wildman–Crippen MR) is 101 cm³/mol. The van der Waals surface area contributed by atoms with Crippen molar-refractivity contribution in [3.8, 4) is 5.75 Å². The van der Waals surface area contributed by atoms with Crippen molar-refractivity contribution in [3.63, 3.8) is 0 Å². The summed E-state index contributed by atoms with van der Waals surface area (Å²) >= 11 is 0. The lowest BCUT2D eigenvalue weighted by atomic mass is 10.0. The molecule has 29 heavy (non-hydrogen) atoms. The molecule has 2 fully saturated rings. The van der Waals surface area contributed by atoms with Gasteiger partial charge in [0.05, 0.1) is 7.11 Å². The zero-order valence-corrected chi connectivity index (χ0v) is 15.9. The summed E-state index contributed by atoms with van der Waals surface area (Å²) in [6.07, 6.45) is 0.511. The monoisotopic (exact) mass is 399 g/mol. The number of esters is 1. The Bertz CT molecular complexity index is 970. The highest BCUT2D eigenvalue weighted by atomic mass is 16.6. The molecule has 2 aromatic rings. The third kappa shape index (κ3) is 3.43. The van der Waals surface area contributed by atoms with Crippen LogP contribution in [0, 0.1) is 0 Å². The van der Waals surface area contributed by atoms with E-state index in [4.69, 9.17) is 9.47 Å². The molecule has 2 amide bonds. The number of rotatable bonds is 3. The Morgan fingerprint density at radius 2 is 1.97 bits per heavy atom. The number of pyridine rings is 1. The summed E-state index contributed by atoms with van der Waals surface area (Å²) in [5, 5.41) is 10.7. The number of methoxy groups -OCH3 is 1. The quantitative estimate of drug-likeness (QED) is 0.780. The van der Waals surface area contributed by atoms with Crippen LogP contribution >= 0.6 is 0 Å². The molecule has 152 valence electrons. The molecule has 1 N–H and O–H groups in total. The number of phenolic OH excluding ortho intramolecular Hbond substituents is 1. The number of ether oxygens (including phenoxy) is 2. The highest BCUT2D eigenvalue weighted by Crippen LogP contribution is 2.26. The molecule has 1 atom stereocenters. The van der Waals surface area contributed by atoms with Gasteiger partial charge in [0.2, 0.25) is 0 Å². The SMILES string of the molecule is COC(=O)[C@@H]1COC(=O)N1C1CCN(C(=O)c2ccc3cccc(O)c3n2)CC1. The zero-order chi connectivity index (χ0) is 20.5. The van der Waals surface area contributed by atoms with Gasteiger partial charge in [-0.25, -0.2) is 14.6 Å². The molecule has 0 unspecified atom stereocenters. The molecule has 0 saturated carbocycles. The topological polar surface area (TPSA) is 109 Å². The van der Waals surface area contributed by atoms with Crippen LogP contribution in [0.5, 0.6) is 5.75 Å². The lowest BCUT2D eigenvalue weighted by Crippen LogP contribution is -2.52. The highest BCUT2D eigenvalue weighted by Gasteiger charge is 2.44. The molecule has 3 heterocycles. The fourth-order valence-corrected chi connectivity index (χ4v) is 3.91. The van der Waals surface area contributed by atoms with Crippen molar-refractivity contribution in [2.45, 2.75) is 24.9 Å². The van der Waals surface area contributed by atoms with Crippen molar-refractivity contribution in [1.29, 1.82) is 0 Å². The molecule has 9 heteroatoms. The highest BCUT2D eigenvalue weighted by molar-refractivity contribution is 5.96. The molecule has 2 aliphatic rings. The Labute approximate surface area is 166 Å². The minimum Gasteiger partial charge on any atom is -0.506 e. The molecule has 1 aromatic carbocycles. The van der Waals surface area contributed by atoms with Crippen molar-refractivity contribution >= 4 is 28.9 Å². The zero-order valence-electron chi connectivity index (χ0n) is 15.9. The van der Waals surface area contributed by atoms with E-state index in [1.54, 1.807) is 23.1 Å². The van der Waals surface area contributed by atoms with Gasteiger partial charge < -0.3 is 19.5 Å².